The van der Waals surface area contributed by atoms with E-state index in [1.165, 1.54) is 32.1 Å². The smallest absolute Gasteiger partial charge is 0.225 e. The van der Waals surface area contributed by atoms with Crippen LogP contribution >= 0.6 is 0 Å². The van der Waals surface area contributed by atoms with Crippen molar-refractivity contribution in [3.05, 3.63) is 0 Å². The number of rotatable bonds is 8. The number of hydrogen-bond donors (Lipinski definition) is 1. The van der Waals surface area contributed by atoms with Crippen LogP contribution in [0.3, 0.4) is 0 Å². The van der Waals surface area contributed by atoms with Gasteiger partial charge in [-0.3, -0.25) is 4.79 Å². The van der Waals surface area contributed by atoms with E-state index in [-0.39, 0.29) is 5.92 Å². The van der Waals surface area contributed by atoms with Crippen molar-refractivity contribution < 1.29 is 4.79 Å². The number of amides is 1. The second-order valence-electron chi connectivity index (χ2n) is 5.77. The molecule has 1 amide bonds. The third kappa shape index (κ3) is 5.52. The van der Waals surface area contributed by atoms with E-state index in [2.05, 4.69) is 31.0 Å². The molecule has 0 aromatic rings. The van der Waals surface area contributed by atoms with Gasteiger partial charge in [0.15, 0.2) is 0 Å². The molecule has 1 N–H and O–H groups in total. The molecule has 0 aromatic carbocycles. The summed E-state index contributed by atoms with van der Waals surface area (Å²) in [6.07, 6.45) is 8.19. The Balaban J connectivity index is 2.48. The molecule has 1 heterocycles. The lowest BCUT2D eigenvalue weighted by atomic mass is 9.97. The highest BCUT2D eigenvalue weighted by Crippen LogP contribution is 2.17. The van der Waals surface area contributed by atoms with Crippen molar-refractivity contribution >= 4 is 5.91 Å². The predicted octanol–water partition coefficient (Wildman–Crippen LogP) is 3.19. The minimum Gasteiger partial charge on any atom is -0.341 e. The average Bonchev–Trinajstić information content (AvgIpc) is 2.46. The molecule has 0 saturated carbocycles. The third-order valence-electron chi connectivity index (χ3n) is 4.29. The molecule has 3 nitrogen and oxygen atoms in total. The summed E-state index contributed by atoms with van der Waals surface area (Å²) in [4.78, 5) is 14.7. The second-order valence-corrected chi connectivity index (χ2v) is 5.77. The van der Waals surface area contributed by atoms with Crippen LogP contribution in [-0.4, -0.2) is 36.5 Å². The molecule has 1 rings (SSSR count). The van der Waals surface area contributed by atoms with E-state index in [0.717, 1.165) is 32.5 Å². The summed E-state index contributed by atoms with van der Waals surface area (Å²) in [6.45, 7) is 9.31. The van der Waals surface area contributed by atoms with Crippen LogP contribution in [0.25, 0.3) is 0 Å². The third-order valence-corrected chi connectivity index (χ3v) is 4.29. The lowest BCUT2D eigenvalue weighted by Gasteiger charge is -2.32. The Hall–Kier alpha value is -0.570. The molecule has 2 atom stereocenters. The number of likely N-dealkylation sites (N-methyl/N-ethyl adjacent to an activating group) is 1. The van der Waals surface area contributed by atoms with E-state index in [0.29, 0.717) is 11.9 Å². The summed E-state index contributed by atoms with van der Waals surface area (Å²) in [7, 11) is 0. The summed E-state index contributed by atoms with van der Waals surface area (Å²) in [5.74, 6) is 0.620. The summed E-state index contributed by atoms with van der Waals surface area (Å²) in [6, 6.07) is 0.515. The van der Waals surface area contributed by atoms with Crippen LogP contribution in [0, 0.1) is 5.92 Å². The van der Waals surface area contributed by atoms with E-state index in [9.17, 15) is 4.79 Å². The molecule has 0 spiro atoms. The predicted molar refractivity (Wildman–Crippen MR) is 81.2 cm³/mol. The summed E-state index contributed by atoms with van der Waals surface area (Å²) >= 11 is 0. The molecule has 3 heteroatoms. The molecule has 19 heavy (non-hydrogen) atoms. The monoisotopic (exact) mass is 268 g/mol. The van der Waals surface area contributed by atoms with Crippen molar-refractivity contribution in [3.8, 4) is 0 Å². The van der Waals surface area contributed by atoms with Crippen molar-refractivity contribution in [1.82, 2.24) is 10.2 Å². The fourth-order valence-corrected chi connectivity index (χ4v) is 2.93. The Labute approximate surface area is 119 Å². The molecule has 2 unspecified atom stereocenters. The quantitative estimate of drug-likeness (QED) is 0.733. The number of nitrogens with one attached hydrogen (secondary N) is 1. The van der Waals surface area contributed by atoms with Gasteiger partial charge in [-0.1, -0.05) is 33.1 Å². The van der Waals surface area contributed by atoms with Gasteiger partial charge in [0.05, 0.1) is 0 Å². The van der Waals surface area contributed by atoms with Crippen molar-refractivity contribution in [2.24, 2.45) is 5.92 Å². The molecule has 1 aliphatic rings. The Morgan fingerprint density at radius 2 is 2.11 bits per heavy atom. The normalized spacial score (nSPS) is 21.1. The van der Waals surface area contributed by atoms with Crippen molar-refractivity contribution in [1.29, 1.82) is 0 Å². The number of piperidine rings is 1. The minimum atomic E-state index is 0.239. The van der Waals surface area contributed by atoms with Crippen LogP contribution in [0.1, 0.15) is 65.7 Å². The molecule has 0 aliphatic carbocycles. The first kappa shape index (κ1) is 16.5. The van der Waals surface area contributed by atoms with E-state index in [4.69, 9.17) is 0 Å². The van der Waals surface area contributed by atoms with Gasteiger partial charge in [-0.25, -0.2) is 0 Å². The van der Waals surface area contributed by atoms with Crippen LogP contribution in [0.15, 0.2) is 0 Å². The maximum atomic E-state index is 12.6. The Kier molecular flexibility index (Phi) is 8.11. The SMILES string of the molecule is CCCCC(CC)C(=O)N(CC)CC1CCCCN1. The number of unbranched alkanes of at least 4 members (excludes halogenated alkanes) is 1. The first-order valence-corrected chi connectivity index (χ1v) is 8.25. The van der Waals surface area contributed by atoms with Gasteiger partial charge in [0, 0.05) is 25.0 Å². The summed E-state index contributed by atoms with van der Waals surface area (Å²) in [5.41, 5.74) is 0. The molecule has 1 fully saturated rings. The van der Waals surface area contributed by atoms with Gasteiger partial charge < -0.3 is 10.2 Å². The number of carbonyl (C=O) groups excluding carboxylic acids is 1. The van der Waals surface area contributed by atoms with Crippen molar-refractivity contribution in [3.63, 3.8) is 0 Å². The lowest BCUT2D eigenvalue weighted by molar-refractivity contribution is -0.136. The number of hydrogen-bond acceptors (Lipinski definition) is 2. The zero-order valence-electron chi connectivity index (χ0n) is 13.1. The van der Waals surface area contributed by atoms with Gasteiger partial charge >= 0.3 is 0 Å². The van der Waals surface area contributed by atoms with Crippen LogP contribution in [0.5, 0.6) is 0 Å². The molecule has 0 bridgehead atoms. The second kappa shape index (κ2) is 9.35. The van der Waals surface area contributed by atoms with Crippen molar-refractivity contribution in [2.75, 3.05) is 19.6 Å². The van der Waals surface area contributed by atoms with Gasteiger partial charge in [0.1, 0.15) is 0 Å². The Morgan fingerprint density at radius 3 is 2.63 bits per heavy atom. The van der Waals surface area contributed by atoms with Gasteiger partial charge in [0.2, 0.25) is 5.91 Å². The number of nitrogens with zero attached hydrogens (tertiary/aromatic N) is 1. The van der Waals surface area contributed by atoms with Gasteiger partial charge in [0.25, 0.3) is 0 Å². The minimum absolute atomic E-state index is 0.239. The molecule has 1 aliphatic heterocycles. The molecular formula is C16H32N2O. The highest BCUT2D eigenvalue weighted by atomic mass is 16.2. The molecule has 0 radical (unpaired) electrons. The average molecular weight is 268 g/mol. The first-order chi connectivity index (χ1) is 9.22. The zero-order valence-corrected chi connectivity index (χ0v) is 13.1. The largest absolute Gasteiger partial charge is 0.341 e. The Bertz CT molecular complexity index is 249. The lowest BCUT2D eigenvalue weighted by Crippen LogP contribution is -2.47. The number of carbonyl (C=O) groups is 1. The zero-order chi connectivity index (χ0) is 14.1. The highest BCUT2D eigenvalue weighted by molar-refractivity contribution is 5.78. The van der Waals surface area contributed by atoms with E-state index in [1.54, 1.807) is 0 Å². The van der Waals surface area contributed by atoms with Gasteiger partial charge in [-0.05, 0) is 39.2 Å². The fraction of sp³-hybridized carbons (Fsp3) is 0.938. The topological polar surface area (TPSA) is 32.3 Å². The van der Waals surface area contributed by atoms with E-state index >= 15 is 0 Å². The highest BCUT2D eigenvalue weighted by Gasteiger charge is 2.24. The first-order valence-electron chi connectivity index (χ1n) is 8.25. The van der Waals surface area contributed by atoms with Crippen LogP contribution in [-0.2, 0) is 4.79 Å². The molecule has 0 aromatic heterocycles. The molecule has 112 valence electrons. The standard InChI is InChI=1S/C16H32N2O/c1-4-7-10-14(5-2)16(19)18(6-3)13-15-11-8-9-12-17-15/h14-15,17H,4-13H2,1-3H3. The van der Waals surface area contributed by atoms with Crippen molar-refractivity contribution in [2.45, 2.75) is 71.8 Å². The van der Waals surface area contributed by atoms with E-state index in [1.807, 2.05) is 0 Å². The van der Waals surface area contributed by atoms with Crippen LogP contribution < -0.4 is 5.32 Å². The maximum absolute atomic E-state index is 12.6. The van der Waals surface area contributed by atoms with Crippen LogP contribution in [0.2, 0.25) is 0 Å². The van der Waals surface area contributed by atoms with Crippen LogP contribution in [0.4, 0.5) is 0 Å². The van der Waals surface area contributed by atoms with E-state index < -0.39 is 0 Å². The van der Waals surface area contributed by atoms with Gasteiger partial charge in [-0.15, -0.1) is 0 Å². The Morgan fingerprint density at radius 1 is 1.32 bits per heavy atom. The van der Waals surface area contributed by atoms with Gasteiger partial charge in [-0.2, -0.15) is 0 Å². The molecular weight excluding hydrogens is 236 g/mol. The summed E-state index contributed by atoms with van der Waals surface area (Å²) < 4.78 is 0. The fourth-order valence-electron chi connectivity index (χ4n) is 2.93. The molecule has 1 saturated heterocycles. The maximum Gasteiger partial charge on any atom is 0.225 e. The summed E-state index contributed by atoms with van der Waals surface area (Å²) in [5, 5.41) is 3.54.